The van der Waals surface area contributed by atoms with Gasteiger partial charge >= 0.3 is 6.18 Å². The molecule has 0 radical (unpaired) electrons. The molecule has 0 spiro atoms. The molecule has 0 saturated carbocycles. The second-order valence-corrected chi connectivity index (χ2v) is 7.20. The molecule has 0 fully saturated rings. The van der Waals surface area contributed by atoms with Gasteiger partial charge in [-0.05, 0) is 30.5 Å². The maximum absolute atomic E-state index is 13.0. The molecule has 0 bridgehead atoms. The standard InChI is InChI=1S/C15H14F3N5O2S/c16-15(17,18)12-5-1-2-6-13(12)26(24,25)22-7-3-4-11-8-19-14-20-10-21-23(14)9-11/h1-2,5-6,8-10,22H,3-4,7H2. The lowest BCUT2D eigenvalue weighted by Crippen LogP contribution is -2.27. The molecule has 11 heteroatoms. The molecule has 0 aliphatic heterocycles. The highest BCUT2D eigenvalue weighted by Gasteiger charge is 2.36. The van der Waals surface area contributed by atoms with Crippen molar-refractivity contribution in [1.82, 2.24) is 24.3 Å². The first-order valence-electron chi connectivity index (χ1n) is 7.57. The van der Waals surface area contributed by atoms with Crippen LogP contribution in [0.2, 0.25) is 0 Å². The first-order chi connectivity index (χ1) is 12.3. The summed E-state index contributed by atoms with van der Waals surface area (Å²) in [6.07, 6.45) is 0.782. The molecule has 3 aromatic rings. The van der Waals surface area contributed by atoms with E-state index in [-0.39, 0.29) is 6.54 Å². The van der Waals surface area contributed by atoms with Gasteiger partial charge in [-0.1, -0.05) is 12.1 Å². The van der Waals surface area contributed by atoms with Gasteiger partial charge in [0.1, 0.15) is 6.33 Å². The molecule has 2 heterocycles. The summed E-state index contributed by atoms with van der Waals surface area (Å²) in [6, 6.07) is 4.08. The molecule has 0 atom stereocenters. The maximum Gasteiger partial charge on any atom is 0.417 e. The summed E-state index contributed by atoms with van der Waals surface area (Å²) in [4.78, 5) is 7.21. The van der Waals surface area contributed by atoms with Gasteiger partial charge in [0.2, 0.25) is 10.0 Å². The van der Waals surface area contributed by atoms with Gasteiger partial charge in [0, 0.05) is 18.9 Å². The quantitative estimate of drug-likeness (QED) is 0.656. The van der Waals surface area contributed by atoms with E-state index in [2.05, 4.69) is 19.8 Å². The number of benzene rings is 1. The third-order valence-corrected chi connectivity index (χ3v) is 5.12. The minimum absolute atomic E-state index is 0.0100. The average molecular weight is 385 g/mol. The van der Waals surface area contributed by atoms with Crippen LogP contribution in [-0.2, 0) is 22.6 Å². The summed E-state index contributed by atoms with van der Waals surface area (Å²) < 4.78 is 67.0. The topological polar surface area (TPSA) is 89.2 Å². The number of alkyl halides is 3. The van der Waals surface area contributed by atoms with Crippen molar-refractivity contribution in [2.24, 2.45) is 0 Å². The largest absolute Gasteiger partial charge is 0.417 e. The molecule has 0 amide bonds. The van der Waals surface area contributed by atoms with Crippen molar-refractivity contribution >= 4 is 15.8 Å². The van der Waals surface area contributed by atoms with Crippen LogP contribution in [0.4, 0.5) is 13.2 Å². The van der Waals surface area contributed by atoms with Crippen LogP contribution in [0.25, 0.3) is 5.78 Å². The van der Waals surface area contributed by atoms with Crippen LogP contribution in [0.5, 0.6) is 0 Å². The highest BCUT2D eigenvalue weighted by Crippen LogP contribution is 2.33. The van der Waals surface area contributed by atoms with Gasteiger partial charge in [-0.25, -0.2) is 22.6 Å². The van der Waals surface area contributed by atoms with E-state index in [1.165, 1.54) is 16.9 Å². The van der Waals surface area contributed by atoms with Crippen molar-refractivity contribution in [2.45, 2.75) is 23.9 Å². The first-order valence-corrected chi connectivity index (χ1v) is 9.06. The molecular formula is C15H14F3N5O2S. The second kappa shape index (κ2) is 7.00. The van der Waals surface area contributed by atoms with E-state index in [4.69, 9.17) is 0 Å². The summed E-state index contributed by atoms with van der Waals surface area (Å²) in [5.74, 6) is 0.443. The van der Waals surface area contributed by atoms with Crippen molar-refractivity contribution < 1.29 is 21.6 Å². The lowest BCUT2D eigenvalue weighted by atomic mass is 10.2. The predicted molar refractivity (Wildman–Crippen MR) is 85.7 cm³/mol. The molecule has 7 nitrogen and oxygen atoms in total. The molecular weight excluding hydrogens is 371 g/mol. The van der Waals surface area contributed by atoms with E-state index in [9.17, 15) is 21.6 Å². The number of nitrogens with zero attached hydrogens (tertiary/aromatic N) is 4. The smallest absolute Gasteiger partial charge is 0.219 e. The summed E-state index contributed by atoms with van der Waals surface area (Å²) in [5.41, 5.74) is -0.383. The van der Waals surface area contributed by atoms with Crippen LogP contribution in [0.3, 0.4) is 0 Å². The maximum atomic E-state index is 13.0. The Morgan fingerprint density at radius 1 is 1.15 bits per heavy atom. The van der Waals surface area contributed by atoms with Gasteiger partial charge in [-0.15, -0.1) is 0 Å². The number of aromatic nitrogens is 4. The Hall–Kier alpha value is -2.53. The highest BCUT2D eigenvalue weighted by molar-refractivity contribution is 7.89. The van der Waals surface area contributed by atoms with E-state index in [1.807, 2.05) is 0 Å². The zero-order valence-electron chi connectivity index (χ0n) is 13.3. The molecule has 1 aromatic carbocycles. The molecule has 0 saturated heterocycles. The number of halogens is 3. The normalized spacial score (nSPS) is 12.6. The van der Waals surface area contributed by atoms with E-state index < -0.39 is 26.7 Å². The predicted octanol–water partition coefficient (Wildman–Crippen LogP) is 2.05. The Balaban J connectivity index is 1.64. The van der Waals surface area contributed by atoms with Crippen LogP contribution in [0, 0.1) is 0 Å². The number of fused-ring (bicyclic) bond motifs is 1. The minimum Gasteiger partial charge on any atom is -0.219 e. The van der Waals surface area contributed by atoms with E-state index >= 15 is 0 Å². The Bertz CT molecular complexity index is 1020. The van der Waals surface area contributed by atoms with Crippen molar-refractivity contribution in [3.63, 3.8) is 0 Å². The summed E-state index contributed by atoms with van der Waals surface area (Å²) in [6.45, 7) is -0.0100. The van der Waals surface area contributed by atoms with Gasteiger partial charge in [0.25, 0.3) is 5.78 Å². The fraction of sp³-hybridized carbons (Fsp3) is 0.267. The third-order valence-electron chi connectivity index (χ3n) is 3.60. The van der Waals surface area contributed by atoms with Gasteiger partial charge in [-0.2, -0.15) is 23.3 Å². The summed E-state index contributed by atoms with van der Waals surface area (Å²) >= 11 is 0. The number of nitrogens with one attached hydrogen (secondary N) is 1. The number of hydrogen-bond donors (Lipinski definition) is 1. The molecule has 26 heavy (non-hydrogen) atoms. The van der Waals surface area contributed by atoms with Crippen LogP contribution in [0.1, 0.15) is 17.5 Å². The summed E-state index contributed by atoms with van der Waals surface area (Å²) in [7, 11) is -4.27. The molecule has 0 aliphatic rings. The molecule has 3 rings (SSSR count). The van der Waals surface area contributed by atoms with E-state index in [0.29, 0.717) is 18.6 Å². The monoisotopic (exact) mass is 385 g/mol. The number of hydrogen-bond acceptors (Lipinski definition) is 5. The van der Waals surface area contributed by atoms with Crippen molar-refractivity contribution in [3.05, 3.63) is 54.1 Å². The zero-order valence-corrected chi connectivity index (χ0v) is 14.1. The van der Waals surface area contributed by atoms with E-state index in [0.717, 1.165) is 23.8 Å². The fourth-order valence-electron chi connectivity index (χ4n) is 2.40. The van der Waals surface area contributed by atoms with Crippen LogP contribution >= 0.6 is 0 Å². The second-order valence-electron chi connectivity index (χ2n) is 5.46. The number of sulfonamides is 1. The molecule has 0 unspecified atom stereocenters. The fourth-order valence-corrected chi connectivity index (χ4v) is 3.70. The SMILES string of the molecule is O=S(=O)(NCCCc1cnc2ncnn2c1)c1ccccc1C(F)(F)F. The number of rotatable bonds is 6. The molecule has 138 valence electrons. The molecule has 1 N–H and O–H groups in total. The third kappa shape index (κ3) is 3.99. The minimum atomic E-state index is -4.75. The van der Waals surface area contributed by atoms with Crippen molar-refractivity contribution in [2.75, 3.05) is 6.54 Å². The lowest BCUT2D eigenvalue weighted by Gasteiger charge is -2.13. The van der Waals surface area contributed by atoms with Crippen LogP contribution in [0.15, 0.2) is 47.9 Å². The zero-order chi connectivity index (χ0) is 18.8. The van der Waals surface area contributed by atoms with Crippen LogP contribution in [-0.4, -0.2) is 34.5 Å². The number of aryl methyl sites for hydroxylation is 1. The van der Waals surface area contributed by atoms with Crippen molar-refractivity contribution in [1.29, 1.82) is 0 Å². The molecule has 0 aliphatic carbocycles. The molecule has 2 aromatic heterocycles. The highest BCUT2D eigenvalue weighted by atomic mass is 32.2. The van der Waals surface area contributed by atoms with Gasteiger partial charge < -0.3 is 0 Å². The van der Waals surface area contributed by atoms with Gasteiger partial charge in [-0.3, -0.25) is 0 Å². The van der Waals surface area contributed by atoms with Crippen LogP contribution < -0.4 is 4.72 Å². The Morgan fingerprint density at radius 3 is 2.69 bits per heavy atom. The summed E-state index contributed by atoms with van der Waals surface area (Å²) in [5, 5.41) is 3.94. The Labute approximate surface area is 147 Å². The van der Waals surface area contributed by atoms with Gasteiger partial charge in [0.05, 0.1) is 10.5 Å². The first kappa shape index (κ1) is 18.3. The Morgan fingerprint density at radius 2 is 1.92 bits per heavy atom. The van der Waals surface area contributed by atoms with Crippen molar-refractivity contribution in [3.8, 4) is 0 Å². The Kier molecular flexibility index (Phi) is 4.92. The average Bonchev–Trinajstić information content (AvgIpc) is 3.06. The van der Waals surface area contributed by atoms with E-state index in [1.54, 1.807) is 12.4 Å². The lowest BCUT2D eigenvalue weighted by molar-refractivity contribution is -0.139. The van der Waals surface area contributed by atoms with Gasteiger partial charge in [0.15, 0.2) is 0 Å².